The number of primary amides is 1. The lowest BCUT2D eigenvalue weighted by Crippen LogP contribution is -2.57. The molecule has 0 bridgehead atoms. The van der Waals surface area contributed by atoms with Gasteiger partial charge < -0.3 is 20.4 Å². The van der Waals surface area contributed by atoms with Crippen LogP contribution in [0.4, 0.5) is 0 Å². The lowest BCUT2D eigenvalue weighted by Gasteiger charge is -2.36. The summed E-state index contributed by atoms with van der Waals surface area (Å²) < 4.78 is 0. The highest BCUT2D eigenvalue weighted by molar-refractivity contribution is 5.91. The van der Waals surface area contributed by atoms with Crippen LogP contribution in [-0.2, 0) is 14.4 Å². The van der Waals surface area contributed by atoms with Crippen molar-refractivity contribution in [1.82, 2.24) is 14.7 Å². The van der Waals surface area contributed by atoms with E-state index in [1.54, 1.807) is 19.0 Å². The lowest BCUT2D eigenvalue weighted by molar-refractivity contribution is -0.524. The van der Waals surface area contributed by atoms with Crippen molar-refractivity contribution in [2.45, 2.75) is 64.6 Å². The highest BCUT2D eigenvalue weighted by atomic mass is 16.6. The summed E-state index contributed by atoms with van der Waals surface area (Å²) in [7, 11) is 6.35. The van der Waals surface area contributed by atoms with E-state index in [4.69, 9.17) is 5.73 Å². The molecule has 0 aliphatic rings. The van der Waals surface area contributed by atoms with Crippen LogP contribution in [0.15, 0.2) is 0 Å². The number of rotatable bonds is 13. The number of nitrogens with zero attached hydrogens (tertiary/aromatic N) is 4. The van der Waals surface area contributed by atoms with Crippen molar-refractivity contribution in [2.75, 3.05) is 34.7 Å². The zero-order valence-electron chi connectivity index (χ0n) is 18.8. The third-order valence-corrected chi connectivity index (χ3v) is 5.22. The molecule has 3 amide bonds. The Morgan fingerprint density at radius 1 is 1.07 bits per heavy atom. The van der Waals surface area contributed by atoms with E-state index in [-0.39, 0.29) is 31.2 Å². The Labute approximate surface area is 173 Å². The zero-order valence-corrected chi connectivity index (χ0v) is 18.8. The van der Waals surface area contributed by atoms with Crippen LogP contribution >= 0.6 is 0 Å². The summed E-state index contributed by atoms with van der Waals surface area (Å²) in [5, 5.41) is 11.6. The first-order valence-electron chi connectivity index (χ1n) is 9.98. The molecule has 0 aliphatic carbocycles. The molecular formula is C19H37N5O5. The second-order valence-electron chi connectivity index (χ2n) is 7.89. The van der Waals surface area contributed by atoms with Crippen molar-refractivity contribution in [2.24, 2.45) is 11.7 Å². The van der Waals surface area contributed by atoms with Crippen LogP contribution in [0, 0.1) is 16.0 Å². The summed E-state index contributed by atoms with van der Waals surface area (Å²) in [5.41, 5.74) is 5.52. The molecule has 0 spiro atoms. The molecule has 168 valence electrons. The van der Waals surface area contributed by atoms with Crippen LogP contribution < -0.4 is 5.73 Å². The molecule has 0 heterocycles. The Hall–Kier alpha value is -2.23. The minimum atomic E-state index is -1.06. The third-order valence-electron chi connectivity index (χ3n) is 5.22. The fourth-order valence-electron chi connectivity index (χ4n) is 3.34. The van der Waals surface area contributed by atoms with Crippen molar-refractivity contribution in [3.8, 4) is 0 Å². The van der Waals surface area contributed by atoms with Crippen molar-refractivity contribution in [3.05, 3.63) is 10.1 Å². The predicted octanol–water partition coefficient (Wildman–Crippen LogP) is 0.569. The zero-order chi connectivity index (χ0) is 22.9. The van der Waals surface area contributed by atoms with Crippen LogP contribution in [-0.4, -0.2) is 90.2 Å². The Kier molecular flexibility index (Phi) is 11.4. The Balaban J connectivity index is 5.93. The van der Waals surface area contributed by atoms with Gasteiger partial charge in [-0.3, -0.25) is 24.5 Å². The summed E-state index contributed by atoms with van der Waals surface area (Å²) in [6.07, 6.45) is 1.30. The average Bonchev–Trinajstić information content (AvgIpc) is 2.63. The van der Waals surface area contributed by atoms with Gasteiger partial charge in [-0.05, 0) is 26.4 Å². The second-order valence-corrected chi connectivity index (χ2v) is 7.89. The molecular weight excluding hydrogens is 378 g/mol. The van der Waals surface area contributed by atoms with Crippen LogP contribution in [0.1, 0.15) is 46.5 Å². The van der Waals surface area contributed by atoms with Gasteiger partial charge >= 0.3 is 0 Å². The number of carbonyl (C=O) groups is 3. The Morgan fingerprint density at radius 2 is 1.62 bits per heavy atom. The molecule has 0 saturated carbocycles. The molecule has 10 nitrogen and oxygen atoms in total. The number of nitrogens with two attached hydrogens (primary N) is 1. The average molecular weight is 416 g/mol. The number of likely N-dealkylation sites (N-methyl/N-ethyl adjacent to an activating group) is 3. The maximum Gasteiger partial charge on any atom is 0.246 e. The van der Waals surface area contributed by atoms with Gasteiger partial charge in [-0.2, -0.15) is 0 Å². The molecule has 0 saturated heterocycles. The van der Waals surface area contributed by atoms with Crippen LogP contribution in [0.25, 0.3) is 0 Å². The maximum absolute atomic E-state index is 13.3. The third kappa shape index (κ3) is 7.96. The van der Waals surface area contributed by atoms with Gasteiger partial charge in [-0.15, -0.1) is 0 Å². The number of hydrogen-bond acceptors (Lipinski definition) is 6. The van der Waals surface area contributed by atoms with Crippen LogP contribution in [0.3, 0.4) is 0 Å². The summed E-state index contributed by atoms with van der Waals surface area (Å²) in [6.45, 7) is 5.66. The smallest absolute Gasteiger partial charge is 0.246 e. The standard InChI is InChI=1S/C19H37N5O5/c1-8-10-16(25)22(6)15(11-14(24(28)29)12-21(4)5)19(27)23(7)17(18(20)26)13(3)9-2/h13-15,17H,8-12H2,1-7H3,(H2,20,26)/t13?,14?,15-,17+/m1/s1. The molecule has 0 aromatic heterocycles. The topological polar surface area (TPSA) is 130 Å². The fourth-order valence-corrected chi connectivity index (χ4v) is 3.34. The number of carbonyl (C=O) groups excluding carboxylic acids is 3. The Bertz CT molecular complexity index is 583. The van der Waals surface area contributed by atoms with Gasteiger partial charge in [0.15, 0.2) is 0 Å². The summed E-state index contributed by atoms with van der Waals surface area (Å²) in [4.78, 5) is 53.0. The van der Waals surface area contributed by atoms with E-state index in [1.165, 1.54) is 23.9 Å². The number of hydrogen-bond donors (Lipinski definition) is 1. The molecule has 4 atom stereocenters. The molecule has 0 aliphatic heterocycles. The summed E-state index contributed by atoms with van der Waals surface area (Å²) >= 11 is 0. The molecule has 0 aromatic carbocycles. The first-order chi connectivity index (χ1) is 13.4. The van der Waals surface area contributed by atoms with Gasteiger partial charge in [-0.25, -0.2) is 0 Å². The van der Waals surface area contributed by atoms with Crippen molar-refractivity contribution < 1.29 is 19.3 Å². The van der Waals surface area contributed by atoms with E-state index < -0.39 is 34.9 Å². The minimum Gasteiger partial charge on any atom is -0.368 e. The van der Waals surface area contributed by atoms with E-state index in [0.717, 1.165) is 0 Å². The summed E-state index contributed by atoms with van der Waals surface area (Å²) in [5.74, 6) is -1.63. The lowest BCUT2D eigenvalue weighted by atomic mass is 9.95. The molecule has 2 N–H and O–H groups in total. The van der Waals surface area contributed by atoms with Crippen molar-refractivity contribution in [3.63, 3.8) is 0 Å². The molecule has 0 radical (unpaired) electrons. The number of nitro groups is 1. The molecule has 10 heteroatoms. The molecule has 29 heavy (non-hydrogen) atoms. The van der Waals surface area contributed by atoms with Gasteiger partial charge in [0.2, 0.25) is 23.8 Å². The monoisotopic (exact) mass is 415 g/mol. The van der Waals surface area contributed by atoms with Crippen LogP contribution in [0.2, 0.25) is 0 Å². The van der Waals surface area contributed by atoms with Gasteiger partial charge in [0, 0.05) is 31.9 Å². The predicted molar refractivity (Wildman–Crippen MR) is 111 cm³/mol. The van der Waals surface area contributed by atoms with Gasteiger partial charge in [0.05, 0.1) is 6.54 Å². The van der Waals surface area contributed by atoms with Gasteiger partial charge in [0.1, 0.15) is 12.1 Å². The molecule has 2 unspecified atom stereocenters. The van der Waals surface area contributed by atoms with E-state index >= 15 is 0 Å². The minimum absolute atomic E-state index is 0.126. The number of amides is 3. The highest BCUT2D eigenvalue weighted by Gasteiger charge is 2.39. The van der Waals surface area contributed by atoms with Gasteiger partial charge in [0.25, 0.3) is 0 Å². The Morgan fingerprint density at radius 3 is 2.00 bits per heavy atom. The maximum atomic E-state index is 13.3. The van der Waals surface area contributed by atoms with E-state index in [0.29, 0.717) is 12.8 Å². The largest absolute Gasteiger partial charge is 0.368 e. The first-order valence-corrected chi connectivity index (χ1v) is 9.98. The molecule has 0 fully saturated rings. The van der Waals surface area contributed by atoms with E-state index in [2.05, 4.69) is 0 Å². The molecule has 0 rings (SSSR count). The first kappa shape index (κ1) is 26.8. The summed E-state index contributed by atoms with van der Waals surface area (Å²) in [6, 6.07) is -2.95. The normalized spacial score (nSPS) is 15.3. The van der Waals surface area contributed by atoms with E-state index in [1.807, 2.05) is 20.8 Å². The highest BCUT2D eigenvalue weighted by Crippen LogP contribution is 2.19. The SMILES string of the molecule is CCCC(=O)N(C)[C@H](CC(CN(C)C)[N+](=O)[O-])C(=O)N(C)[C@H](C(N)=O)C(C)CC. The van der Waals surface area contributed by atoms with E-state index in [9.17, 15) is 24.5 Å². The fraction of sp³-hybridized carbons (Fsp3) is 0.842. The second kappa shape index (κ2) is 12.4. The quantitative estimate of drug-likeness (QED) is 0.346. The van der Waals surface area contributed by atoms with Crippen molar-refractivity contribution >= 4 is 17.7 Å². The van der Waals surface area contributed by atoms with Crippen molar-refractivity contribution in [1.29, 1.82) is 0 Å². The molecule has 0 aromatic rings. The van der Waals surface area contributed by atoms with Crippen LogP contribution in [0.5, 0.6) is 0 Å². The van der Waals surface area contributed by atoms with Gasteiger partial charge in [-0.1, -0.05) is 27.2 Å².